The summed E-state index contributed by atoms with van der Waals surface area (Å²) in [5.41, 5.74) is 1.98. The zero-order chi connectivity index (χ0) is 23.3. The molecule has 3 rings (SSSR count). The van der Waals surface area contributed by atoms with Crippen molar-refractivity contribution in [3.05, 3.63) is 58.1 Å². The van der Waals surface area contributed by atoms with E-state index in [9.17, 15) is 14.4 Å². The van der Waals surface area contributed by atoms with Crippen LogP contribution in [0.25, 0.3) is 0 Å². The Labute approximate surface area is 192 Å². The number of benzene rings is 2. The smallest absolute Gasteiger partial charge is 0.323 e. The van der Waals surface area contributed by atoms with E-state index in [2.05, 4.69) is 16.0 Å². The number of amides is 3. The van der Waals surface area contributed by atoms with Crippen molar-refractivity contribution in [3.8, 4) is 0 Å². The number of urea groups is 1. The van der Waals surface area contributed by atoms with Gasteiger partial charge in [0.1, 0.15) is 0 Å². The van der Waals surface area contributed by atoms with Gasteiger partial charge in [-0.1, -0.05) is 36.2 Å². The van der Waals surface area contributed by atoms with Gasteiger partial charge in [0.25, 0.3) is 5.91 Å². The average molecular weight is 458 g/mol. The van der Waals surface area contributed by atoms with Gasteiger partial charge in [-0.25, -0.2) is 4.79 Å². The fourth-order valence-electron chi connectivity index (χ4n) is 4.02. The van der Waals surface area contributed by atoms with Crippen molar-refractivity contribution in [2.24, 2.45) is 0 Å². The highest BCUT2D eigenvalue weighted by Crippen LogP contribution is 2.31. The topological polar surface area (TPSA) is 96.5 Å². The van der Waals surface area contributed by atoms with Gasteiger partial charge in [0.05, 0.1) is 11.3 Å². The van der Waals surface area contributed by atoms with E-state index >= 15 is 0 Å². The lowest BCUT2D eigenvalue weighted by Gasteiger charge is -2.37. The minimum absolute atomic E-state index is 0.225. The number of ether oxygens (including phenoxy) is 1. The minimum Gasteiger partial charge on any atom is -0.439 e. The number of hydrogen-bond donors (Lipinski definition) is 3. The molecule has 3 amide bonds. The third-order valence-corrected chi connectivity index (χ3v) is 5.77. The Hall–Kier alpha value is -3.06. The number of anilines is 2. The molecular weight excluding hydrogens is 430 g/mol. The standard InChI is InChI=1S/C24H28ClN3O4/c1-15-8-7-9-16(2)21(15)27-23(31)26-20-14-18(25)10-11-19(20)22(30)28-24(32-17(3)29)12-5-4-6-13-24/h7-11,14H,4-6,12-13H2,1-3H3,(H,28,30)(H2,26,27,31). The monoisotopic (exact) mass is 457 g/mol. The van der Waals surface area contributed by atoms with Gasteiger partial charge in [-0.3, -0.25) is 9.59 Å². The molecule has 0 spiro atoms. The Kier molecular flexibility index (Phi) is 7.40. The van der Waals surface area contributed by atoms with Crippen LogP contribution in [-0.2, 0) is 9.53 Å². The summed E-state index contributed by atoms with van der Waals surface area (Å²) in [6.45, 7) is 5.13. The molecule has 2 aromatic rings. The molecule has 0 atom stereocenters. The van der Waals surface area contributed by atoms with E-state index in [1.807, 2.05) is 32.0 Å². The molecule has 3 N–H and O–H groups in total. The number of rotatable bonds is 5. The molecular formula is C24H28ClN3O4. The van der Waals surface area contributed by atoms with Crippen LogP contribution in [0.5, 0.6) is 0 Å². The lowest BCUT2D eigenvalue weighted by molar-refractivity contribution is -0.163. The number of esters is 1. The second kappa shape index (κ2) is 10.0. The molecule has 32 heavy (non-hydrogen) atoms. The molecule has 0 radical (unpaired) electrons. The molecule has 7 nitrogen and oxygen atoms in total. The van der Waals surface area contributed by atoms with Crippen molar-refractivity contribution in [1.82, 2.24) is 5.32 Å². The number of carbonyl (C=O) groups excluding carboxylic acids is 3. The minimum atomic E-state index is -1.04. The SMILES string of the molecule is CC(=O)OC1(NC(=O)c2ccc(Cl)cc2NC(=O)Nc2c(C)cccc2C)CCCCC1. The van der Waals surface area contributed by atoms with Crippen LogP contribution in [0.15, 0.2) is 36.4 Å². The summed E-state index contributed by atoms with van der Waals surface area (Å²) in [5, 5.41) is 8.81. The van der Waals surface area contributed by atoms with E-state index in [1.54, 1.807) is 6.07 Å². The summed E-state index contributed by atoms with van der Waals surface area (Å²) in [7, 11) is 0. The van der Waals surface area contributed by atoms with Crippen LogP contribution in [0, 0.1) is 13.8 Å². The average Bonchev–Trinajstić information content (AvgIpc) is 2.71. The molecule has 8 heteroatoms. The fraction of sp³-hybridized carbons (Fsp3) is 0.375. The highest BCUT2D eigenvalue weighted by Gasteiger charge is 2.37. The first kappa shape index (κ1) is 23.6. The summed E-state index contributed by atoms with van der Waals surface area (Å²) < 4.78 is 5.52. The lowest BCUT2D eigenvalue weighted by Crippen LogP contribution is -2.52. The van der Waals surface area contributed by atoms with Crippen molar-refractivity contribution in [2.45, 2.75) is 58.6 Å². The van der Waals surface area contributed by atoms with Gasteiger partial charge in [0.15, 0.2) is 5.72 Å². The molecule has 0 heterocycles. The third-order valence-electron chi connectivity index (χ3n) is 5.54. The second-order valence-electron chi connectivity index (χ2n) is 8.14. The summed E-state index contributed by atoms with van der Waals surface area (Å²) in [6.07, 6.45) is 3.80. The van der Waals surface area contributed by atoms with Crippen LogP contribution in [-0.4, -0.2) is 23.6 Å². The van der Waals surface area contributed by atoms with Gasteiger partial charge in [0, 0.05) is 30.5 Å². The summed E-state index contributed by atoms with van der Waals surface area (Å²) in [6, 6.07) is 9.85. The van der Waals surface area contributed by atoms with E-state index in [1.165, 1.54) is 19.1 Å². The van der Waals surface area contributed by atoms with Crippen LogP contribution in [0.4, 0.5) is 16.2 Å². The Morgan fingerprint density at radius 1 is 0.969 bits per heavy atom. The molecule has 1 aliphatic rings. The van der Waals surface area contributed by atoms with Crippen LogP contribution in [0.3, 0.4) is 0 Å². The zero-order valence-corrected chi connectivity index (χ0v) is 19.3. The van der Waals surface area contributed by atoms with Crippen LogP contribution in [0.1, 0.15) is 60.5 Å². The first-order valence-electron chi connectivity index (χ1n) is 10.6. The number of carbonyl (C=O) groups is 3. The van der Waals surface area contributed by atoms with E-state index in [-0.39, 0.29) is 11.3 Å². The normalized spacial score (nSPS) is 14.9. The van der Waals surface area contributed by atoms with Crippen molar-refractivity contribution >= 4 is 40.9 Å². The molecule has 2 aromatic carbocycles. The van der Waals surface area contributed by atoms with Crippen molar-refractivity contribution < 1.29 is 19.1 Å². The van der Waals surface area contributed by atoms with Gasteiger partial charge in [-0.15, -0.1) is 0 Å². The van der Waals surface area contributed by atoms with Crippen LogP contribution in [0.2, 0.25) is 5.02 Å². The van der Waals surface area contributed by atoms with Gasteiger partial charge in [0.2, 0.25) is 0 Å². The van der Waals surface area contributed by atoms with E-state index in [0.717, 1.165) is 30.4 Å². The Bertz CT molecular complexity index is 1010. The number of halogens is 1. The third kappa shape index (κ3) is 5.79. The summed E-state index contributed by atoms with van der Waals surface area (Å²) >= 11 is 6.13. The van der Waals surface area contributed by atoms with Crippen LogP contribution >= 0.6 is 11.6 Å². The van der Waals surface area contributed by atoms with E-state index in [0.29, 0.717) is 23.6 Å². The number of nitrogens with one attached hydrogen (secondary N) is 3. The molecule has 0 aromatic heterocycles. The second-order valence-corrected chi connectivity index (χ2v) is 8.57. The van der Waals surface area contributed by atoms with Crippen molar-refractivity contribution in [3.63, 3.8) is 0 Å². The molecule has 1 aliphatic carbocycles. The maximum absolute atomic E-state index is 13.2. The number of para-hydroxylation sites is 1. The fourth-order valence-corrected chi connectivity index (χ4v) is 4.19. The molecule has 1 fully saturated rings. The first-order chi connectivity index (χ1) is 15.2. The Morgan fingerprint density at radius 2 is 1.62 bits per heavy atom. The molecule has 0 unspecified atom stereocenters. The van der Waals surface area contributed by atoms with Crippen molar-refractivity contribution in [1.29, 1.82) is 0 Å². The maximum Gasteiger partial charge on any atom is 0.323 e. The quantitative estimate of drug-likeness (QED) is 0.404. The van der Waals surface area contributed by atoms with E-state index < -0.39 is 23.6 Å². The van der Waals surface area contributed by atoms with Gasteiger partial charge < -0.3 is 20.7 Å². The lowest BCUT2D eigenvalue weighted by atomic mass is 9.91. The van der Waals surface area contributed by atoms with Gasteiger partial charge >= 0.3 is 12.0 Å². The summed E-state index contributed by atoms with van der Waals surface area (Å²) in [4.78, 5) is 37.5. The predicted octanol–water partition coefficient (Wildman–Crippen LogP) is 5.55. The first-order valence-corrected chi connectivity index (χ1v) is 11.0. The molecule has 170 valence electrons. The van der Waals surface area contributed by atoms with Crippen LogP contribution < -0.4 is 16.0 Å². The molecule has 0 saturated heterocycles. The summed E-state index contributed by atoms with van der Waals surface area (Å²) in [5.74, 6) is -0.901. The number of aryl methyl sites for hydroxylation is 2. The Balaban J connectivity index is 1.81. The highest BCUT2D eigenvalue weighted by molar-refractivity contribution is 6.31. The molecule has 0 aliphatic heterocycles. The molecule has 0 bridgehead atoms. The number of hydrogen-bond acceptors (Lipinski definition) is 4. The van der Waals surface area contributed by atoms with Gasteiger partial charge in [-0.2, -0.15) is 0 Å². The predicted molar refractivity (Wildman–Crippen MR) is 125 cm³/mol. The Morgan fingerprint density at radius 3 is 2.25 bits per heavy atom. The van der Waals surface area contributed by atoms with Crippen molar-refractivity contribution in [2.75, 3.05) is 10.6 Å². The highest BCUT2D eigenvalue weighted by atomic mass is 35.5. The molecule has 1 saturated carbocycles. The van der Waals surface area contributed by atoms with Gasteiger partial charge in [-0.05, 0) is 56.0 Å². The zero-order valence-electron chi connectivity index (χ0n) is 18.5. The maximum atomic E-state index is 13.2. The largest absolute Gasteiger partial charge is 0.439 e. The van der Waals surface area contributed by atoms with E-state index in [4.69, 9.17) is 16.3 Å².